The fourth-order valence-corrected chi connectivity index (χ4v) is 5.43. The number of urea groups is 1. The fraction of sp³-hybridized carbons (Fsp3) is 0.609. The number of ether oxygens (including phenoxy) is 1. The number of nitrogens with one attached hydrogen (secondary N) is 2. The van der Waals surface area contributed by atoms with Crippen molar-refractivity contribution in [3.63, 3.8) is 0 Å². The second kappa shape index (κ2) is 8.90. The van der Waals surface area contributed by atoms with Crippen LogP contribution in [0.2, 0.25) is 0 Å². The number of carbonyl (C=O) groups excluding carboxylic acids is 3. The third-order valence-electron chi connectivity index (χ3n) is 7.19. The molecule has 2 N–H and O–H groups in total. The van der Waals surface area contributed by atoms with Crippen LogP contribution in [0.3, 0.4) is 0 Å². The van der Waals surface area contributed by atoms with Crippen LogP contribution in [-0.2, 0) is 19.7 Å². The van der Waals surface area contributed by atoms with Crippen molar-refractivity contribution < 1.29 is 19.1 Å². The average Bonchev–Trinajstić information content (AvgIpc) is 2.99. The Labute approximate surface area is 191 Å². The number of carbonyl (C=O) groups is 3. The number of nitrogens with zero attached hydrogens (tertiary/aromatic N) is 1. The molecule has 0 bridgehead atoms. The van der Waals surface area contributed by atoms with E-state index in [1.54, 1.807) is 0 Å². The first-order chi connectivity index (χ1) is 14.8. The number of hydrogen-bond acceptors (Lipinski definition) is 4. The molecule has 1 spiro atoms. The zero-order valence-corrected chi connectivity index (χ0v) is 19.5. The normalized spacial score (nSPS) is 27.9. The highest BCUT2D eigenvalue weighted by atomic mass is 79.9. The number of amides is 4. The number of imide groups is 1. The summed E-state index contributed by atoms with van der Waals surface area (Å²) in [6, 6.07) is 7.68. The maximum absolute atomic E-state index is 13.0. The van der Waals surface area contributed by atoms with E-state index < -0.39 is 11.6 Å². The van der Waals surface area contributed by atoms with Crippen molar-refractivity contribution in [3.8, 4) is 0 Å². The molecule has 0 unspecified atom stereocenters. The summed E-state index contributed by atoms with van der Waals surface area (Å²) in [5, 5.41) is 5.87. The van der Waals surface area contributed by atoms with Gasteiger partial charge in [-0.25, -0.2) is 4.79 Å². The lowest BCUT2D eigenvalue weighted by molar-refractivity contribution is -0.136. The van der Waals surface area contributed by atoms with Crippen molar-refractivity contribution in [2.75, 3.05) is 26.3 Å². The van der Waals surface area contributed by atoms with Crippen LogP contribution < -0.4 is 10.6 Å². The Balaban J connectivity index is 1.41. The highest BCUT2D eigenvalue weighted by molar-refractivity contribution is 9.10. The van der Waals surface area contributed by atoms with Crippen LogP contribution in [0.1, 0.15) is 51.0 Å². The molecule has 4 rings (SSSR count). The molecule has 4 amide bonds. The topological polar surface area (TPSA) is 87.7 Å². The summed E-state index contributed by atoms with van der Waals surface area (Å²) in [5.41, 5.74) is 0.105. The van der Waals surface area contributed by atoms with E-state index >= 15 is 0 Å². The molecule has 2 saturated heterocycles. The summed E-state index contributed by atoms with van der Waals surface area (Å²) in [6.45, 7) is 3.63. The average molecular weight is 492 g/mol. The molecule has 1 aromatic carbocycles. The van der Waals surface area contributed by atoms with Gasteiger partial charge in [0.25, 0.3) is 5.91 Å². The van der Waals surface area contributed by atoms with Crippen LogP contribution in [0.15, 0.2) is 28.7 Å². The Morgan fingerprint density at radius 3 is 2.61 bits per heavy atom. The number of halogens is 1. The predicted octanol–water partition coefficient (Wildman–Crippen LogP) is 3.11. The highest BCUT2D eigenvalue weighted by Gasteiger charge is 2.52. The first-order valence-corrected chi connectivity index (χ1v) is 11.9. The summed E-state index contributed by atoms with van der Waals surface area (Å²) < 4.78 is 6.55. The van der Waals surface area contributed by atoms with E-state index in [4.69, 9.17) is 4.74 Å². The smallest absolute Gasteiger partial charge is 0.325 e. The minimum atomic E-state index is -0.817. The Hall–Kier alpha value is -1.93. The standard InChI is InChI=1S/C23H30BrN3O4/c1-16-5-7-23(8-6-16)20(29)27(21(30)26-23)14-19(28)25-15-22(9-11-31-12-10-22)17-3-2-4-18(24)13-17/h2-4,13,16H,5-12,14-15H2,1H3,(H,25,28)(H,26,30). The summed E-state index contributed by atoms with van der Waals surface area (Å²) >= 11 is 3.54. The first-order valence-electron chi connectivity index (χ1n) is 11.1. The minimum Gasteiger partial charge on any atom is -0.381 e. The van der Waals surface area contributed by atoms with Crippen LogP contribution in [0.4, 0.5) is 4.79 Å². The maximum Gasteiger partial charge on any atom is 0.325 e. The molecule has 1 aliphatic carbocycles. The molecule has 3 aliphatic rings. The Morgan fingerprint density at radius 2 is 1.94 bits per heavy atom. The van der Waals surface area contributed by atoms with Crippen LogP contribution >= 0.6 is 15.9 Å². The van der Waals surface area contributed by atoms with Crippen molar-refractivity contribution in [2.24, 2.45) is 5.92 Å². The lowest BCUT2D eigenvalue weighted by Gasteiger charge is -2.38. The van der Waals surface area contributed by atoms with Gasteiger partial charge in [0.05, 0.1) is 0 Å². The van der Waals surface area contributed by atoms with Crippen molar-refractivity contribution in [1.29, 1.82) is 0 Å². The van der Waals surface area contributed by atoms with Gasteiger partial charge in [-0.05, 0) is 62.1 Å². The lowest BCUT2D eigenvalue weighted by atomic mass is 9.74. The van der Waals surface area contributed by atoms with Crippen molar-refractivity contribution in [2.45, 2.75) is 56.4 Å². The molecule has 7 nitrogen and oxygen atoms in total. The van der Waals surface area contributed by atoms with Gasteiger partial charge in [0, 0.05) is 29.6 Å². The Morgan fingerprint density at radius 1 is 1.23 bits per heavy atom. The zero-order chi connectivity index (χ0) is 22.1. The largest absolute Gasteiger partial charge is 0.381 e. The molecule has 168 valence electrons. The molecule has 1 aromatic rings. The second-order valence-corrected chi connectivity index (χ2v) is 10.2. The van der Waals surface area contributed by atoms with E-state index in [2.05, 4.69) is 45.6 Å². The quantitative estimate of drug-likeness (QED) is 0.619. The predicted molar refractivity (Wildman–Crippen MR) is 119 cm³/mol. The summed E-state index contributed by atoms with van der Waals surface area (Å²) in [4.78, 5) is 39.4. The van der Waals surface area contributed by atoms with Crippen LogP contribution in [0.5, 0.6) is 0 Å². The molecular formula is C23H30BrN3O4. The fourth-order valence-electron chi connectivity index (χ4n) is 5.03. The van der Waals surface area contributed by atoms with Gasteiger partial charge in [0.1, 0.15) is 12.1 Å². The van der Waals surface area contributed by atoms with Gasteiger partial charge in [-0.2, -0.15) is 0 Å². The van der Waals surface area contributed by atoms with Crippen molar-refractivity contribution in [3.05, 3.63) is 34.3 Å². The maximum atomic E-state index is 13.0. The first kappa shape index (κ1) is 22.3. The number of rotatable bonds is 5. The molecule has 31 heavy (non-hydrogen) atoms. The van der Waals surface area contributed by atoms with Gasteiger partial charge in [0.15, 0.2) is 0 Å². The Kier molecular flexibility index (Phi) is 6.40. The van der Waals surface area contributed by atoms with Crippen LogP contribution in [0, 0.1) is 5.92 Å². The molecule has 8 heteroatoms. The number of hydrogen-bond donors (Lipinski definition) is 2. The third-order valence-corrected chi connectivity index (χ3v) is 7.68. The van der Waals surface area contributed by atoms with Gasteiger partial charge in [0.2, 0.25) is 5.91 Å². The monoisotopic (exact) mass is 491 g/mol. The number of benzene rings is 1. The van der Waals surface area contributed by atoms with Crippen molar-refractivity contribution in [1.82, 2.24) is 15.5 Å². The second-order valence-electron chi connectivity index (χ2n) is 9.27. The van der Waals surface area contributed by atoms with E-state index in [9.17, 15) is 14.4 Å². The SMILES string of the molecule is CC1CCC2(CC1)NC(=O)N(CC(=O)NCC1(c3cccc(Br)c3)CCOCC1)C2=O. The summed E-state index contributed by atoms with van der Waals surface area (Å²) in [6.07, 6.45) is 4.70. The molecule has 0 aromatic heterocycles. The van der Waals surface area contributed by atoms with E-state index in [0.717, 1.165) is 40.6 Å². The zero-order valence-electron chi connectivity index (χ0n) is 17.9. The van der Waals surface area contributed by atoms with E-state index in [-0.39, 0.29) is 23.8 Å². The van der Waals surface area contributed by atoms with Gasteiger partial charge in [-0.15, -0.1) is 0 Å². The van der Waals surface area contributed by atoms with Crippen LogP contribution in [0.25, 0.3) is 0 Å². The highest BCUT2D eigenvalue weighted by Crippen LogP contribution is 2.37. The molecule has 2 heterocycles. The van der Waals surface area contributed by atoms with Crippen LogP contribution in [-0.4, -0.2) is 54.6 Å². The van der Waals surface area contributed by atoms with E-state index in [1.165, 1.54) is 0 Å². The van der Waals surface area contributed by atoms with Gasteiger partial charge < -0.3 is 15.4 Å². The Bertz CT molecular complexity index is 860. The van der Waals surface area contributed by atoms with Gasteiger partial charge in [-0.3, -0.25) is 14.5 Å². The van der Waals surface area contributed by atoms with Gasteiger partial charge >= 0.3 is 6.03 Å². The summed E-state index contributed by atoms with van der Waals surface area (Å²) in [5.74, 6) is -0.0146. The van der Waals surface area contributed by atoms with Crippen molar-refractivity contribution >= 4 is 33.8 Å². The molecule has 1 saturated carbocycles. The minimum absolute atomic E-state index is 0.226. The molecular weight excluding hydrogens is 462 g/mol. The molecule has 3 fully saturated rings. The van der Waals surface area contributed by atoms with E-state index in [1.807, 2.05) is 12.1 Å². The lowest BCUT2D eigenvalue weighted by Crippen LogP contribution is -2.50. The molecule has 0 radical (unpaired) electrons. The van der Waals surface area contributed by atoms with E-state index in [0.29, 0.717) is 38.5 Å². The van der Waals surface area contributed by atoms with Gasteiger partial charge in [-0.1, -0.05) is 35.0 Å². The molecule has 0 atom stereocenters. The molecule has 2 aliphatic heterocycles. The third kappa shape index (κ3) is 4.51. The summed E-state index contributed by atoms with van der Waals surface area (Å²) in [7, 11) is 0.